The second-order valence-corrected chi connectivity index (χ2v) is 6.91. The van der Waals surface area contributed by atoms with E-state index in [2.05, 4.69) is 27.5 Å². The third-order valence-electron chi connectivity index (χ3n) is 4.43. The molecule has 4 nitrogen and oxygen atoms in total. The van der Waals surface area contributed by atoms with Gasteiger partial charge in [0, 0.05) is 43.1 Å². The first-order valence-electron chi connectivity index (χ1n) is 7.22. The molecule has 19 heavy (non-hydrogen) atoms. The van der Waals surface area contributed by atoms with Gasteiger partial charge in [-0.1, -0.05) is 0 Å². The molecule has 3 rings (SSSR count). The van der Waals surface area contributed by atoms with Crippen LogP contribution in [0.15, 0.2) is 5.38 Å². The van der Waals surface area contributed by atoms with Crippen molar-refractivity contribution < 1.29 is 5.11 Å². The van der Waals surface area contributed by atoms with Crippen LogP contribution in [0.4, 0.5) is 5.13 Å². The molecular formula is C14H23N3OS. The lowest BCUT2D eigenvalue weighted by Gasteiger charge is -2.33. The standard InChI is InChI=1S/C14H23N3OS/c1-11-8-19-13(16-11)17-6-2-12(3-7-17)15-9-14(10-18)4-5-14/h8,12,15,18H,2-7,9-10H2,1H3. The smallest absolute Gasteiger partial charge is 0.185 e. The number of thiazole rings is 1. The molecule has 1 saturated heterocycles. The molecule has 0 radical (unpaired) electrons. The minimum atomic E-state index is 0.226. The van der Waals surface area contributed by atoms with Crippen LogP contribution in [0.2, 0.25) is 0 Å². The third-order valence-corrected chi connectivity index (χ3v) is 5.45. The molecule has 2 N–H and O–H groups in total. The van der Waals surface area contributed by atoms with Crippen molar-refractivity contribution in [2.45, 2.75) is 38.6 Å². The summed E-state index contributed by atoms with van der Waals surface area (Å²) in [6.45, 7) is 5.58. The topological polar surface area (TPSA) is 48.4 Å². The maximum absolute atomic E-state index is 9.32. The molecular weight excluding hydrogens is 258 g/mol. The molecule has 1 aliphatic carbocycles. The number of anilines is 1. The molecule has 0 bridgehead atoms. The van der Waals surface area contributed by atoms with Crippen LogP contribution in [0.3, 0.4) is 0 Å². The number of aryl methyl sites for hydroxylation is 1. The molecule has 1 aliphatic heterocycles. The lowest BCUT2D eigenvalue weighted by atomic mass is 10.0. The fourth-order valence-electron chi connectivity index (χ4n) is 2.69. The number of hydrogen-bond acceptors (Lipinski definition) is 5. The Morgan fingerprint density at radius 1 is 1.47 bits per heavy atom. The van der Waals surface area contributed by atoms with Crippen molar-refractivity contribution in [2.24, 2.45) is 5.41 Å². The van der Waals surface area contributed by atoms with E-state index < -0.39 is 0 Å². The normalized spacial score (nSPS) is 22.7. The maximum Gasteiger partial charge on any atom is 0.185 e. The molecule has 0 amide bonds. The van der Waals surface area contributed by atoms with Crippen LogP contribution in [0.1, 0.15) is 31.4 Å². The summed E-state index contributed by atoms with van der Waals surface area (Å²) in [6.07, 6.45) is 4.74. The van der Waals surface area contributed by atoms with Crippen molar-refractivity contribution >= 4 is 16.5 Å². The summed E-state index contributed by atoms with van der Waals surface area (Å²) < 4.78 is 0. The first-order valence-corrected chi connectivity index (χ1v) is 8.10. The highest BCUT2D eigenvalue weighted by atomic mass is 32.1. The van der Waals surface area contributed by atoms with Gasteiger partial charge in [-0.15, -0.1) is 11.3 Å². The molecule has 0 unspecified atom stereocenters. The van der Waals surface area contributed by atoms with Gasteiger partial charge in [-0.3, -0.25) is 0 Å². The van der Waals surface area contributed by atoms with Crippen LogP contribution in [0.5, 0.6) is 0 Å². The summed E-state index contributed by atoms with van der Waals surface area (Å²) in [6, 6.07) is 0.612. The Balaban J connectivity index is 1.44. The van der Waals surface area contributed by atoms with E-state index in [1.165, 1.54) is 30.8 Å². The number of aliphatic hydroxyl groups excluding tert-OH is 1. The largest absolute Gasteiger partial charge is 0.396 e. The monoisotopic (exact) mass is 281 g/mol. The van der Waals surface area contributed by atoms with Gasteiger partial charge in [-0.05, 0) is 32.6 Å². The number of hydrogen-bond donors (Lipinski definition) is 2. The second-order valence-electron chi connectivity index (χ2n) is 6.07. The number of rotatable bonds is 5. The van der Waals surface area contributed by atoms with Gasteiger partial charge in [0.2, 0.25) is 0 Å². The van der Waals surface area contributed by atoms with Crippen LogP contribution < -0.4 is 10.2 Å². The maximum atomic E-state index is 9.32. The average molecular weight is 281 g/mol. The molecule has 1 saturated carbocycles. The number of nitrogens with one attached hydrogen (secondary N) is 1. The van der Waals surface area contributed by atoms with Crippen molar-refractivity contribution in [3.8, 4) is 0 Å². The molecule has 1 aromatic rings. The summed E-state index contributed by atoms with van der Waals surface area (Å²) in [7, 11) is 0. The van der Waals surface area contributed by atoms with Gasteiger partial charge in [0.05, 0.1) is 5.69 Å². The average Bonchev–Trinajstić information content (AvgIpc) is 3.11. The van der Waals surface area contributed by atoms with E-state index in [0.29, 0.717) is 12.6 Å². The van der Waals surface area contributed by atoms with E-state index in [1.807, 2.05) is 0 Å². The van der Waals surface area contributed by atoms with Crippen LogP contribution >= 0.6 is 11.3 Å². The predicted molar refractivity (Wildman–Crippen MR) is 78.8 cm³/mol. The van der Waals surface area contributed by atoms with E-state index in [0.717, 1.165) is 25.3 Å². The van der Waals surface area contributed by atoms with Gasteiger partial charge in [0.25, 0.3) is 0 Å². The molecule has 5 heteroatoms. The van der Waals surface area contributed by atoms with Crippen LogP contribution in [0, 0.1) is 12.3 Å². The first-order chi connectivity index (χ1) is 9.21. The molecule has 2 heterocycles. The van der Waals surface area contributed by atoms with Gasteiger partial charge in [0.15, 0.2) is 5.13 Å². The first kappa shape index (κ1) is 13.3. The number of aromatic nitrogens is 1. The van der Waals surface area contributed by atoms with Crippen LogP contribution in [0.25, 0.3) is 0 Å². The van der Waals surface area contributed by atoms with Gasteiger partial charge in [0.1, 0.15) is 0 Å². The SMILES string of the molecule is Cc1csc(N2CCC(NCC3(CO)CC3)CC2)n1. The summed E-state index contributed by atoms with van der Waals surface area (Å²) in [5.74, 6) is 0. The highest BCUT2D eigenvalue weighted by Crippen LogP contribution is 2.44. The summed E-state index contributed by atoms with van der Waals surface area (Å²) >= 11 is 1.75. The Kier molecular flexibility index (Phi) is 3.78. The lowest BCUT2D eigenvalue weighted by molar-refractivity contribution is 0.201. The molecule has 0 spiro atoms. The minimum Gasteiger partial charge on any atom is -0.396 e. The van der Waals surface area contributed by atoms with Gasteiger partial charge < -0.3 is 15.3 Å². The number of aliphatic hydroxyl groups is 1. The summed E-state index contributed by atoms with van der Waals surface area (Å²) in [4.78, 5) is 6.96. The third kappa shape index (κ3) is 3.09. The van der Waals surface area contributed by atoms with E-state index in [1.54, 1.807) is 11.3 Å². The zero-order chi connectivity index (χ0) is 13.3. The molecule has 2 fully saturated rings. The van der Waals surface area contributed by atoms with E-state index in [9.17, 15) is 5.11 Å². The van der Waals surface area contributed by atoms with Crippen LogP contribution in [-0.2, 0) is 0 Å². The Labute approximate surface area is 118 Å². The molecule has 0 atom stereocenters. The van der Waals surface area contributed by atoms with Gasteiger partial charge in [-0.25, -0.2) is 4.98 Å². The fraction of sp³-hybridized carbons (Fsp3) is 0.786. The second kappa shape index (κ2) is 5.38. The Morgan fingerprint density at radius 2 is 2.21 bits per heavy atom. The molecule has 1 aromatic heterocycles. The quantitative estimate of drug-likeness (QED) is 0.864. The minimum absolute atomic E-state index is 0.226. The highest BCUT2D eigenvalue weighted by molar-refractivity contribution is 7.13. The van der Waals surface area contributed by atoms with E-state index in [-0.39, 0.29) is 5.41 Å². The Bertz CT molecular complexity index is 422. The number of nitrogens with zero attached hydrogens (tertiary/aromatic N) is 2. The molecule has 0 aromatic carbocycles. The summed E-state index contributed by atoms with van der Waals surface area (Å²) in [5.41, 5.74) is 1.35. The fourth-order valence-corrected chi connectivity index (χ4v) is 3.55. The lowest BCUT2D eigenvalue weighted by Crippen LogP contribution is -2.44. The molecule has 106 valence electrons. The van der Waals surface area contributed by atoms with Crippen molar-refractivity contribution in [2.75, 3.05) is 31.1 Å². The van der Waals surface area contributed by atoms with E-state index in [4.69, 9.17) is 0 Å². The zero-order valence-corrected chi connectivity index (χ0v) is 12.4. The molecule has 2 aliphatic rings. The Hall–Kier alpha value is -0.650. The van der Waals surface area contributed by atoms with Gasteiger partial charge >= 0.3 is 0 Å². The summed E-state index contributed by atoms with van der Waals surface area (Å²) in [5, 5.41) is 16.3. The van der Waals surface area contributed by atoms with Crippen molar-refractivity contribution in [1.29, 1.82) is 0 Å². The number of piperidine rings is 1. The Morgan fingerprint density at radius 3 is 2.74 bits per heavy atom. The predicted octanol–water partition coefficient (Wildman–Crippen LogP) is 1.78. The van der Waals surface area contributed by atoms with Crippen molar-refractivity contribution in [3.63, 3.8) is 0 Å². The van der Waals surface area contributed by atoms with Crippen LogP contribution in [-0.4, -0.2) is 42.4 Å². The van der Waals surface area contributed by atoms with Gasteiger partial charge in [-0.2, -0.15) is 0 Å². The van der Waals surface area contributed by atoms with E-state index >= 15 is 0 Å². The highest BCUT2D eigenvalue weighted by Gasteiger charge is 2.42. The zero-order valence-electron chi connectivity index (χ0n) is 11.6. The van der Waals surface area contributed by atoms with Crippen molar-refractivity contribution in [1.82, 2.24) is 10.3 Å². The van der Waals surface area contributed by atoms with Crippen molar-refractivity contribution in [3.05, 3.63) is 11.1 Å².